The molecule has 6 aromatic carbocycles. The van der Waals surface area contributed by atoms with Gasteiger partial charge < -0.3 is 9.55 Å². The minimum Gasteiger partial charge on any atom is -0.332 e. The van der Waals surface area contributed by atoms with Crippen LogP contribution in [0.5, 0.6) is 0 Å². The first-order valence-electron chi connectivity index (χ1n) is 19.0. The molecular formula is C49H37IrN3S-2. The summed E-state index contributed by atoms with van der Waals surface area (Å²) < 4.78 is 25.3. The minimum absolute atomic E-state index is 0. The third kappa shape index (κ3) is 7.40. The standard InChI is InChI=1S/C37H27N2S.C12H10N.Ir/c1-3-25(2)28-21-22-35-31(23-28)32(24-40-35)37-38-33-19-10-11-20-34(33)39(37)36-29(26-13-6-4-7-14-26)17-12-18-30(36)27-15-8-5-9-16-27;1-10-7-8-12(13-9-10)11-5-3-2-4-6-11;/h3-23H,1-2H3;2-5,7-9H,1H3;/q2*-1;/b25-3-;;/i;1D3;. The van der Waals surface area contributed by atoms with E-state index in [4.69, 9.17) is 9.10 Å². The van der Waals surface area contributed by atoms with Crippen LogP contribution in [0.15, 0.2) is 170 Å². The fourth-order valence-electron chi connectivity index (χ4n) is 6.57. The maximum Gasteiger partial charge on any atom is 0.0774 e. The molecule has 0 saturated carbocycles. The molecule has 0 fully saturated rings. The van der Waals surface area contributed by atoms with Gasteiger partial charge in [-0.25, -0.2) is 0 Å². The summed E-state index contributed by atoms with van der Waals surface area (Å²) in [7, 11) is 0. The average Bonchev–Trinajstić information content (AvgIpc) is 3.85. The van der Waals surface area contributed by atoms with Gasteiger partial charge in [-0.1, -0.05) is 143 Å². The number of benzene rings is 6. The Morgan fingerprint density at radius 3 is 2.11 bits per heavy atom. The summed E-state index contributed by atoms with van der Waals surface area (Å²) in [6.45, 7) is 2.16. The molecule has 0 bridgehead atoms. The van der Waals surface area contributed by atoms with Crippen molar-refractivity contribution in [3.8, 4) is 50.6 Å². The maximum absolute atomic E-state index is 7.23. The monoisotopic (exact) mass is 895 g/mol. The summed E-state index contributed by atoms with van der Waals surface area (Å²) in [6, 6.07) is 56.8. The zero-order valence-electron chi connectivity index (χ0n) is 32.7. The molecule has 0 aliphatic heterocycles. The quantitative estimate of drug-likeness (QED) is 0.156. The summed E-state index contributed by atoms with van der Waals surface area (Å²) in [4.78, 5) is 9.39. The van der Waals surface area contributed by atoms with Gasteiger partial charge >= 0.3 is 0 Å². The molecular weight excluding hydrogens is 855 g/mol. The molecule has 0 N–H and O–H groups in total. The molecule has 1 radical (unpaired) electrons. The van der Waals surface area contributed by atoms with Gasteiger partial charge in [0.2, 0.25) is 0 Å². The molecule has 0 spiro atoms. The van der Waals surface area contributed by atoms with E-state index in [0.29, 0.717) is 0 Å². The first kappa shape index (κ1) is 32.9. The van der Waals surface area contributed by atoms with Crippen molar-refractivity contribution in [1.82, 2.24) is 14.5 Å². The van der Waals surface area contributed by atoms with Gasteiger partial charge in [0.05, 0.1) is 22.5 Å². The van der Waals surface area contributed by atoms with Gasteiger partial charge in [-0.2, -0.15) is 0 Å². The van der Waals surface area contributed by atoms with Crippen molar-refractivity contribution in [2.75, 3.05) is 0 Å². The van der Waals surface area contributed by atoms with Gasteiger partial charge in [0.25, 0.3) is 0 Å². The Morgan fingerprint density at radius 2 is 1.46 bits per heavy atom. The molecule has 0 unspecified atom stereocenters. The third-order valence-electron chi connectivity index (χ3n) is 9.36. The van der Waals surface area contributed by atoms with E-state index in [1.54, 1.807) is 29.5 Å². The van der Waals surface area contributed by atoms with Gasteiger partial charge in [0, 0.05) is 41.5 Å². The van der Waals surface area contributed by atoms with E-state index >= 15 is 0 Å². The van der Waals surface area contributed by atoms with Crippen molar-refractivity contribution >= 4 is 38.0 Å². The van der Waals surface area contributed by atoms with Crippen LogP contribution < -0.4 is 0 Å². The van der Waals surface area contributed by atoms with Crippen molar-refractivity contribution in [3.05, 3.63) is 193 Å². The molecule has 0 amide bonds. The van der Waals surface area contributed by atoms with Crippen molar-refractivity contribution in [2.24, 2.45) is 0 Å². The number of para-hydroxylation sites is 3. The van der Waals surface area contributed by atoms with Gasteiger partial charge in [0.15, 0.2) is 0 Å². The first-order valence-corrected chi connectivity index (χ1v) is 18.3. The molecule has 9 aromatic rings. The number of nitrogens with zero attached hydrogens (tertiary/aromatic N) is 3. The predicted octanol–water partition coefficient (Wildman–Crippen LogP) is 13.3. The zero-order chi connectivity index (χ0) is 38.6. The Balaban J connectivity index is 0.000000246. The van der Waals surface area contributed by atoms with E-state index in [1.165, 1.54) is 38.5 Å². The molecule has 5 heteroatoms. The summed E-state index contributed by atoms with van der Waals surface area (Å²) in [5.41, 5.74) is 13.2. The molecule has 0 aliphatic rings. The van der Waals surface area contributed by atoms with Crippen LogP contribution >= 0.6 is 11.3 Å². The number of pyridine rings is 1. The summed E-state index contributed by atoms with van der Waals surface area (Å²) in [5, 5.41) is 4.82. The van der Waals surface area contributed by atoms with E-state index in [-0.39, 0.29) is 25.7 Å². The Kier molecular flexibility index (Phi) is 10.1. The van der Waals surface area contributed by atoms with Gasteiger partial charge in [0.1, 0.15) is 0 Å². The molecule has 3 heterocycles. The van der Waals surface area contributed by atoms with Crippen LogP contribution in [0.1, 0.15) is 29.1 Å². The number of aromatic nitrogens is 3. The van der Waals surface area contributed by atoms with Crippen molar-refractivity contribution in [2.45, 2.75) is 20.7 Å². The molecule has 9 rings (SSSR count). The van der Waals surface area contributed by atoms with Crippen LogP contribution in [0.25, 0.3) is 77.3 Å². The number of allylic oxidation sites excluding steroid dienone is 2. The van der Waals surface area contributed by atoms with E-state index in [0.717, 1.165) is 50.5 Å². The second-order valence-electron chi connectivity index (χ2n) is 12.7. The van der Waals surface area contributed by atoms with Crippen molar-refractivity contribution in [3.63, 3.8) is 0 Å². The number of thiophene rings is 1. The van der Waals surface area contributed by atoms with Crippen LogP contribution in [0.4, 0.5) is 0 Å². The van der Waals surface area contributed by atoms with E-state index in [9.17, 15) is 0 Å². The summed E-state index contributed by atoms with van der Waals surface area (Å²) >= 11 is 1.65. The number of imidazole rings is 1. The number of fused-ring (bicyclic) bond motifs is 2. The predicted molar refractivity (Wildman–Crippen MR) is 224 cm³/mol. The Bertz CT molecular complexity index is 2730. The van der Waals surface area contributed by atoms with Crippen LogP contribution in [0, 0.1) is 18.3 Å². The third-order valence-corrected chi connectivity index (χ3v) is 10.2. The van der Waals surface area contributed by atoms with Crippen molar-refractivity contribution in [1.29, 1.82) is 0 Å². The number of hydrogen-bond acceptors (Lipinski definition) is 3. The largest absolute Gasteiger partial charge is 0.332 e. The van der Waals surface area contributed by atoms with Crippen molar-refractivity contribution < 1.29 is 24.2 Å². The number of hydrogen-bond donors (Lipinski definition) is 0. The fraction of sp³-hybridized carbons (Fsp3) is 0.0612. The molecule has 0 saturated heterocycles. The smallest absolute Gasteiger partial charge is 0.0774 e. The molecule has 265 valence electrons. The average molecular weight is 895 g/mol. The Morgan fingerprint density at radius 1 is 0.759 bits per heavy atom. The van der Waals surface area contributed by atoms with E-state index < -0.39 is 6.85 Å². The maximum atomic E-state index is 7.23. The zero-order valence-corrected chi connectivity index (χ0v) is 33.0. The van der Waals surface area contributed by atoms with Crippen LogP contribution in [0.2, 0.25) is 0 Å². The van der Waals surface area contributed by atoms with Gasteiger partial charge in [-0.15, -0.1) is 41.3 Å². The van der Waals surface area contributed by atoms with E-state index in [1.807, 2.05) is 18.2 Å². The SMILES string of the molecule is C/C=C(/C)c1ccc2s[c-]c(-c3nc4ccccc4n3-c3c(-c4ccccc4)cccc3-c3ccccc3)c2c1.[2H]C([2H])([2H])c1ccc(-c2[c-]cccc2)nc1.[Ir]. The normalized spacial score (nSPS) is 12.3. The second kappa shape index (κ2) is 16.5. The number of aryl methyl sites for hydroxylation is 1. The van der Waals surface area contributed by atoms with Crippen LogP contribution in [-0.4, -0.2) is 14.5 Å². The van der Waals surface area contributed by atoms with E-state index in [2.05, 4.69) is 162 Å². The van der Waals surface area contributed by atoms with Crippen LogP contribution in [-0.2, 0) is 20.1 Å². The minimum atomic E-state index is -2.09. The number of rotatable bonds is 6. The van der Waals surface area contributed by atoms with Crippen LogP contribution in [0.3, 0.4) is 0 Å². The molecule has 0 aliphatic carbocycles. The molecule has 3 aromatic heterocycles. The fourth-order valence-corrected chi connectivity index (χ4v) is 7.39. The second-order valence-corrected chi connectivity index (χ2v) is 13.5. The summed E-state index contributed by atoms with van der Waals surface area (Å²) in [6.07, 6.45) is 3.55. The Hall–Kier alpha value is -5.71. The topological polar surface area (TPSA) is 30.7 Å². The molecule has 0 atom stereocenters. The molecule has 3 nitrogen and oxygen atoms in total. The first-order chi connectivity index (χ1) is 27.3. The Labute approximate surface area is 338 Å². The van der Waals surface area contributed by atoms with Gasteiger partial charge in [-0.05, 0) is 66.4 Å². The van der Waals surface area contributed by atoms with Gasteiger partial charge in [-0.3, -0.25) is 16.3 Å². The summed E-state index contributed by atoms with van der Waals surface area (Å²) in [5.74, 6) is 0.906. The molecule has 54 heavy (non-hydrogen) atoms.